The molecule has 1 amide bonds. The van der Waals surface area contributed by atoms with Crippen molar-refractivity contribution in [2.45, 2.75) is 25.5 Å². The normalized spacial score (nSPS) is 14.4. The molecule has 0 aliphatic heterocycles. The molecule has 0 aliphatic carbocycles. The third kappa shape index (κ3) is 4.37. The van der Waals surface area contributed by atoms with E-state index in [9.17, 15) is 9.90 Å². The van der Waals surface area contributed by atoms with Crippen LogP contribution in [0, 0.1) is 0 Å². The Morgan fingerprint density at radius 2 is 2.38 bits per heavy atom. The minimum atomic E-state index is -1.27. The van der Waals surface area contributed by atoms with Crippen molar-refractivity contribution in [2.75, 3.05) is 13.2 Å². The molecular weight excluding hydrogens is 212 g/mol. The SMILES string of the molecule is CC(O)(CO)CNC(=O)CCn1ccnn1. The molecule has 0 saturated heterocycles. The lowest BCUT2D eigenvalue weighted by atomic mass is 10.1. The first-order valence-corrected chi connectivity index (χ1v) is 4.97. The Kier molecular flexibility index (Phi) is 4.39. The number of aliphatic hydroxyl groups excluding tert-OH is 1. The molecule has 1 rings (SSSR count). The van der Waals surface area contributed by atoms with Crippen molar-refractivity contribution in [3.8, 4) is 0 Å². The maximum absolute atomic E-state index is 11.3. The van der Waals surface area contributed by atoms with Crippen LogP contribution in [0.25, 0.3) is 0 Å². The van der Waals surface area contributed by atoms with Gasteiger partial charge in [-0.3, -0.25) is 9.48 Å². The Bertz CT molecular complexity index is 324. The van der Waals surface area contributed by atoms with E-state index in [1.54, 1.807) is 10.9 Å². The number of carbonyl (C=O) groups excluding carboxylic acids is 1. The van der Waals surface area contributed by atoms with Crippen LogP contribution in [0.5, 0.6) is 0 Å². The number of nitrogens with one attached hydrogen (secondary N) is 1. The van der Waals surface area contributed by atoms with Gasteiger partial charge in [-0.1, -0.05) is 5.21 Å². The molecular formula is C9H16N4O3. The Labute approximate surface area is 93.1 Å². The van der Waals surface area contributed by atoms with Crippen molar-refractivity contribution in [1.82, 2.24) is 20.3 Å². The highest BCUT2D eigenvalue weighted by molar-refractivity contribution is 5.75. The molecule has 7 heteroatoms. The molecule has 0 saturated carbocycles. The van der Waals surface area contributed by atoms with E-state index >= 15 is 0 Å². The van der Waals surface area contributed by atoms with Crippen molar-refractivity contribution in [1.29, 1.82) is 0 Å². The van der Waals surface area contributed by atoms with Gasteiger partial charge in [0.15, 0.2) is 0 Å². The first-order chi connectivity index (χ1) is 7.53. The van der Waals surface area contributed by atoms with Crippen LogP contribution in [0.15, 0.2) is 12.4 Å². The second-order valence-electron chi connectivity index (χ2n) is 3.85. The molecule has 1 atom stereocenters. The highest BCUT2D eigenvalue weighted by Gasteiger charge is 2.19. The van der Waals surface area contributed by atoms with Gasteiger partial charge in [-0.15, -0.1) is 5.10 Å². The van der Waals surface area contributed by atoms with E-state index in [1.165, 1.54) is 13.1 Å². The Hall–Kier alpha value is -1.47. The number of aryl methyl sites for hydroxylation is 1. The molecule has 1 aromatic rings. The van der Waals surface area contributed by atoms with Gasteiger partial charge in [-0.2, -0.15) is 0 Å². The molecule has 0 fully saturated rings. The number of hydrogen-bond acceptors (Lipinski definition) is 5. The molecule has 3 N–H and O–H groups in total. The van der Waals surface area contributed by atoms with Crippen LogP contribution in [0.3, 0.4) is 0 Å². The van der Waals surface area contributed by atoms with Gasteiger partial charge in [-0.05, 0) is 6.92 Å². The Morgan fingerprint density at radius 3 is 2.94 bits per heavy atom. The van der Waals surface area contributed by atoms with Crippen molar-refractivity contribution >= 4 is 5.91 Å². The highest BCUT2D eigenvalue weighted by atomic mass is 16.3. The van der Waals surface area contributed by atoms with Crippen LogP contribution in [0.4, 0.5) is 0 Å². The second-order valence-corrected chi connectivity index (χ2v) is 3.85. The van der Waals surface area contributed by atoms with E-state index in [4.69, 9.17) is 5.11 Å². The van der Waals surface area contributed by atoms with Gasteiger partial charge in [0.05, 0.1) is 19.3 Å². The summed E-state index contributed by atoms with van der Waals surface area (Å²) in [5, 5.41) is 28.0. The largest absolute Gasteiger partial charge is 0.393 e. The molecule has 0 aromatic carbocycles. The topological polar surface area (TPSA) is 100 Å². The smallest absolute Gasteiger partial charge is 0.221 e. The molecule has 90 valence electrons. The molecule has 16 heavy (non-hydrogen) atoms. The zero-order valence-corrected chi connectivity index (χ0v) is 9.13. The number of aromatic nitrogens is 3. The molecule has 7 nitrogen and oxygen atoms in total. The standard InChI is InChI=1S/C9H16N4O3/c1-9(16,7-14)6-10-8(15)2-4-13-5-3-11-12-13/h3,5,14,16H,2,4,6-7H2,1H3,(H,10,15). The lowest BCUT2D eigenvalue weighted by Gasteiger charge is -2.20. The molecule has 1 heterocycles. The summed E-state index contributed by atoms with van der Waals surface area (Å²) in [5.41, 5.74) is -1.27. The van der Waals surface area contributed by atoms with Crippen LogP contribution in [-0.4, -0.2) is 49.9 Å². The van der Waals surface area contributed by atoms with Gasteiger partial charge in [0.25, 0.3) is 0 Å². The van der Waals surface area contributed by atoms with Gasteiger partial charge in [0.2, 0.25) is 5.91 Å². The monoisotopic (exact) mass is 228 g/mol. The van der Waals surface area contributed by atoms with Crippen LogP contribution >= 0.6 is 0 Å². The third-order valence-corrected chi connectivity index (χ3v) is 2.05. The van der Waals surface area contributed by atoms with Crippen molar-refractivity contribution in [2.24, 2.45) is 0 Å². The van der Waals surface area contributed by atoms with Crippen molar-refractivity contribution in [3.05, 3.63) is 12.4 Å². The predicted molar refractivity (Wildman–Crippen MR) is 55.4 cm³/mol. The Morgan fingerprint density at radius 1 is 1.62 bits per heavy atom. The fourth-order valence-corrected chi connectivity index (χ4v) is 1.00. The van der Waals surface area contributed by atoms with Gasteiger partial charge in [0.1, 0.15) is 5.60 Å². The van der Waals surface area contributed by atoms with E-state index in [0.717, 1.165) is 0 Å². The third-order valence-electron chi connectivity index (χ3n) is 2.05. The summed E-state index contributed by atoms with van der Waals surface area (Å²) in [6.45, 7) is 1.52. The minimum absolute atomic E-state index is 0.0275. The van der Waals surface area contributed by atoms with Crippen LogP contribution < -0.4 is 5.32 Å². The second kappa shape index (κ2) is 5.57. The fraction of sp³-hybridized carbons (Fsp3) is 0.667. The maximum Gasteiger partial charge on any atom is 0.221 e. The molecule has 0 bridgehead atoms. The summed E-state index contributed by atoms with van der Waals surface area (Å²) in [5.74, 6) is -0.204. The molecule has 0 radical (unpaired) electrons. The van der Waals surface area contributed by atoms with Gasteiger partial charge < -0.3 is 15.5 Å². The summed E-state index contributed by atoms with van der Waals surface area (Å²) in [7, 11) is 0. The maximum atomic E-state index is 11.3. The summed E-state index contributed by atoms with van der Waals surface area (Å²) < 4.78 is 1.55. The first-order valence-electron chi connectivity index (χ1n) is 4.97. The summed E-state index contributed by atoms with van der Waals surface area (Å²) in [6, 6.07) is 0. The van der Waals surface area contributed by atoms with E-state index in [2.05, 4.69) is 15.6 Å². The lowest BCUT2D eigenvalue weighted by Crippen LogP contribution is -2.43. The average molecular weight is 228 g/mol. The number of aliphatic hydroxyl groups is 2. The molecule has 1 unspecified atom stereocenters. The van der Waals surface area contributed by atoms with Crippen LogP contribution in [0.2, 0.25) is 0 Å². The van der Waals surface area contributed by atoms with E-state index in [0.29, 0.717) is 6.54 Å². The minimum Gasteiger partial charge on any atom is -0.393 e. The van der Waals surface area contributed by atoms with E-state index in [-0.39, 0.29) is 18.9 Å². The summed E-state index contributed by atoms with van der Waals surface area (Å²) in [4.78, 5) is 11.3. The van der Waals surface area contributed by atoms with Gasteiger partial charge in [0, 0.05) is 19.2 Å². The number of hydrogen-bond donors (Lipinski definition) is 3. The lowest BCUT2D eigenvalue weighted by molar-refractivity contribution is -0.122. The quantitative estimate of drug-likeness (QED) is 0.552. The number of rotatable bonds is 6. The number of carbonyl (C=O) groups is 1. The summed E-state index contributed by atoms with van der Waals surface area (Å²) in [6.07, 6.45) is 3.45. The molecule has 1 aromatic heterocycles. The van der Waals surface area contributed by atoms with Crippen molar-refractivity contribution < 1.29 is 15.0 Å². The first kappa shape index (κ1) is 12.6. The highest BCUT2D eigenvalue weighted by Crippen LogP contribution is 1.98. The van der Waals surface area contributed by atoms with Gasteiger partial charge in [-0.25, -0.2) is 0 Å². The summed E-state index contributed by atoms with van der Waals surface area (Å²) >= 11 is 0. The molecule has 0 spiro atoms. The molecule has 0 aliphatic rings. The van der Waals surface area contributed by atoms with E-state index < -0.39 is 12.2 Å². The number of nitrogens with zero attached hydrogens (tertiary/aromatic N) is 3. The van der Waals surface area contributed by atoms with Crippen LogP contribution in [0.1, 0.15) is 13.3 Å². The fourth-order valence-electron chi connectivity index (χ4n) is 1.00. The van der Waals surface area contributed by atoms with Crippen molar-refractivity contribution in [3.63, 3.8) is 0 Å². The zero-order chi connectivity index (χ0) is 12.0. The van der Waals surface area contributed by atoms with Gasteiger partial charge >= 0.3 is 0 Å². The van der Waals surface area contributed by atoms with E-state index in [1.807, 2.05) is 0 Å². The Balaban J connectivity index is 2.21. The van der Waals surface area contributed by atoms with Crippen LogP contribution in [-0.2, 0) is 11.3 Å². The predicted octanol–water partition coefficient (Wildman–Crippen LogP) is -1.47. The average Bonchev–Trinajstić information content (AvgIpc) is 2.76. The number of amides is 1. The zero-order valence-electron chi connectivity index (χ0n) is 9.13.